The van der Waals surface area contributed by atoms with Crippen molar-refractivity contribution in [2.24, 2.45) is 0 Å². The summed E-state index contributed by atoms with van der Waals surface area (Å²) < 4.78 is 13.6. The van der Waals surface area contributed by atoms with Crippen LogP contribution in [0.1, 0.15) is 50.5 Å². The van der Waals surface area contributed by atoms with E-state index in [-0.39, 0.29) is 11.4 Å². The largest absolute Gasteiger partial charge is 0.294 e. The van der Waals surface area contributed by atoms with Crippen molar-refractivity contribution in [2.45, 2.75) is 50.5 Å². The number of hydrogen-bond acceptors (Lipinski definition) is 1. The number of rotatable bonds is 2. The van der Waals surface area contributed by atoms with Crippen LogP contribution in [0.4, 0.5) is 4.39 Å². The fourth-order valence-corrected chi connectivity index (χ4v) is 3.85. The molecular formula is C16H22FN. The Morgan fingerprint density at radius 2 is 1.67 bits per heavy atom. The molecule has 0 spiro atoms. The average Bonchev–Trinajstić information content (AvgIpc) is 2.94. The second-order valence-corrected chi connectivity index (χ2v) is 5.80. The molecule has 1 aromatic rings. The van der Waals surface area contributed by atoms with Crippen molar-refractivity contribution in [1.82, 2.24) is 4.90 Å². The van der Waals surface area contributed by atoms with E-state index in [1.807, 2.05) is 6.07 Å². The molecule has 1 aliphatic heterocycles. The lowest BCUT2D eigenvalue weighted by atomic mass is 9.75. The van der Waals surface area contributed by atoms with Crippen molar-refractivity contribution >= 4 is 0 Å². The zero-order chi connectivity index (χ0) is 12.4. The Hall–Kier alpha value is -0.890. The van der Waals surface area contributed by atoms with Gasteiger partial charge in [0.05, 0.1) is 0 Å². The first-order valence-electron chi connectivity index (χ1n) is 7.32. The Labute approximate surface area is 109 Å². The second-order valence-electron chi connectivity index (χ2n) is 5.80. The first-order valence-corrected chi connectivity index (χ1v) is 7.32. The van der Waals surface area contributed by atoms with Crippen LogP contribution in [0.2, 0.25) is 0 Å². The van der Waals surface area contributed by atoms with Crippen molar-refractivity contribution in [3.8, 4) is 0 Å². The first-order chi connectivity index (χ1) is 8.81. The number of hydrogen-bond donors (Lipinski definition) is 0. The molecule has 0 amide bonds. The SMILES string of the molecule is Fc1cccc(C2(N3CCCC3)CCCCC2)c1. The van der Waals surface area contributed by atoms with E-state index >= 15 is 0 Å². The van der Waals surface area contributed by atoms with Crippen molar-refractivity contribution in [3.63, 3.8) is 0 Å². The van der Waals surface area contributed by atoms with Crippen LogP contribution in [0, 0.1) is 5.82 Å². The average molecular weight is 247 g/mol. The summed E-state index contributed by atoms with van der Waals surface area (Å²) in [5, 5.41) is 0. The minimum Gasteiger partial charge on any atom is -0.294 e. The van der Waals surface area contributed by atoms with Crippen LogP contribution in [-0.4, -0.2) is 18.0 Å². The molecule has 0 unspecified atom stereocenters. The predicted molar refractivity (Wildman–Crippen MR) is 72.0 cm³/mol. The van der Waals surface area contributed by atoms with E-state index in [4.69, 9.17) is 0 Å². The maximum absolute atomic E-state index is 13.6. The second kappa shape index (κ2) is 5.00. The van der Waals surface area contributed by atoms with E-state index in [0.29, 0.717) is 0 Å². The molecule has 1 aromatic carbocycles. The summed E-state index contributed by atoms with van der Waals surface area (Å²) in [6, 6.07) is 7.33. The van der Waals surface area contributed by atoms with Crippen molar-refractivity contribution in [2.75, 3.05) is 13.1 Å². The highest BCUT2D eigenvalue weighted by Gasteiger charge is 2.40. The van der Waals surface area contributed by atoms with Gasteiger partial charge < -0.3 is 0 Å². The molecule has 1 nitrogen and oxygen atoms in total. The Balaban J connectivity index is 1.98. The molecule has 3 rings (SSSR count). The van der Waals surface area contributed by atoms with Crippen LogP contribution < -0.4 is 0 Å². The van der Waals surface area contributed by atoms with Gasteiger partial charge in [0.1, 0.15) is 5.82 Å². The van der Waals surface area contributed by atoms with Gasteiger partial charge in [-0.1, -0.05) is 31.4 Å². The molecule has 2 aliphatic rings. The molecule has 0 aromatic heterocycles. The molecule has 98 valence electrons. The molecule has 0 radical (unpaired) electrons. The molecule has 0 bridgehead atoms. The van der Waals surface area contributed by atoms with Gasteiger partial charge in [0.2, 0.25) is 0 Å². The van der Waals surface area contributed by atoms with E-state index in [9.17, 15) is 4.39 Å². The monoisotopic (exact) mass is 247 g/mol. The number of nitrogens with zero attached hydrogens (tertiary/aromatic N) is 1. The first kappa shape index (κ1) is 12.2. The summed E-state index contributed by atoms with van der Waals surface area (Å²) in [7, 11) is 0. The quantitative estimate of drug-likeness (QED) is 0.761. The van der Waals surface area contributed by atoms with Crippen LogP contribution >= 0.6 is 0 Å². The molecular weight excluding hydrogens is 225 g/mol. The van der Waals surface area contributed by atoms with E-state index in [0.717, 1.165) is 0 Å². The van der Waals surface area contributed by atoms with Crippen LogP contribution in [0.3, 0.4) is 0 Å². The maximum Gasteiger partial charge on any atom is 0.123 e. The van der Waals surface area contributed by atoms with Crippen LogP contribution in [0.5, 0.6) is 0 Å². The van der Waals surface area contributed by atoms with Crippen LogP contribution in [0.15, 0.2) is 24.3 Å². The smallest absolute Gasteiger partial charge is 0.123 e. The van der Waals surface area contributed by atoms with Gasteiger partial charge in [-0.25, -0.2) is 4.39 Å². The molecule has 0 atom stereocenters. The highest BCUT2D eigenvalue weighted by atomic mass is 19.1. The Bertz CT molecular complexity index is 403. The molecule has 1 saturated carbocycles. The lowest BCUT2D eigenvalue weighted by Gasteiger charge is -2.45. The topological polar surface area (TPSA) is 3.24 Å². The molecule has 1 heterocycles. The lowest BCUT2D eigenvalue weighted by molar-refractivity contribution is 0.0703. The normalized spacial score (nSPS) is 24.3. The standard InChI is InChI=1S/C16H22FN/c17-15-8-6-7-14(13-15)16(9-2-1-3-10-16)18-11-4-5-12-18/h6-8,13H,1-5,9-12H2. The fourth-order valence-electron chi connectivity index (χ4n) is 3.85. The summed E-state index contributed by atoms with van der Waals surface area (Å²) >= 11 is 0. The summed E-state index contributed by atoms with van der Waals surface area (Å²) in [5.41, 5.74) is 1.35. The third kappa shape index (κ3) is 2.07. The molecule has 1 saturated heterocycles. The minimum atomic E-state index is -0.0864. The van der Waals surface area contributed by atoms with Gasteiger partial charge in [-0.15, -0.1) is 0 Å². The number of likely N-dealkylation sites (tertiary alicyclic amines) is 1. The molecule has 18 heavy (non-hydrogen) atoms. The molecule has 0 N–H and O–H groups in total. The molecule has 2 heteroatoms. The highest BCUT2D eigenvalue weighted by molar-refractivity contribution is 5.26. The number of benzene rings is 1. The summed E-state index contributed by atoms with van der Waals surface area (Å²) in [5.74, 6) is -0.0864. The van der Waals surface area contributed by atoms with Gasteiger partial charge in [-0.3, -0.25) is 4.90 Å². The Kier molecular flexibility index (Phi) is 3.38. The van der Waals surface area contributed by atoms with Gasteiger partial charge in [0.25, 0.3) is 0 Å². The van der Waals surface area contributed by atoms with Crippen LogP contribution in [-0.2, 0) is 5.54 Å². The van der Waals surface area contributed by atoms with Gasteiger partial charge >= 0.3 is 0 Å². The van der Waals surface area contributed by atoms with Crippen molar-refractivity contribution in [1.29, 1.82) is 0 Å². The van der Waals surface area contributed by atoms with Gasteiger partial charge in [0, 0.05) is 5.54 Å². The molecule has 1 aliphatic carbocycles. The summed E-state index contributed by atoms with van der Waals surface area (Å²) in [6.07, 6.45) is 8.92. The zero-order valence-corrected chi connectivity index (χ0v) is 11.0. The van der Waals surface area contributed by atoms with E-state index < -0.39 is 0 Å². The number of halogens is 1. The lowest BCUT2D eigenvalue weighted by Crippen LogP contribution is -2.46. The van der Waals surface area contributed by atoms with Gasteiger partial charge in [-0.2, -0.15) is 0 Å². The third-order valence-electron chi connectivity index (χ3n) is 4.75. The predicted octanol–water partition coefficient (Wildman–Crippen LogP) is 4.08. The van der Waals surface area contributed by atoms with Crippen molar-refractivity contribution in [3.05, 3.63) is 35.6 Å². The Morgan fingerprint density at radius 3 is 2.33 bits per heavy atom. The maximum atomic E-state index is 13.6. The van der Waals surface area contributed by atoms with Gasteiger partial charge in [-0.05, 0) is 56.5 Å². The summed E-state index contributed by atoms with van der Waals surface area (Å²) in [6.45, 7) is 2.38. The highest BCUT2D eigenvalue weighted by Crippen LogP contribution is 2.43. The van der Waals surface area contributed by atoms with E-state index in [1.165, 1.54) is 63.6 Å². The van der Waals surface area contributed by atoms with E-state index in [1.54, 1.807) is 12.1 Å². The minimum absolute atomic E-state index is 0.0864. The van der Waals surface area contributed by atoms with Crippen LogP contribution in [0.25, 0.3) is 0 Å². The zero-order valence-electron chi connectivity index (χ0n) is 11.0. The summed E-state index contributed by atoms with van der Waals surface area (Å²) in [4.78, 5) is 2.63. The molecule has 2 fully saturated rings. The van der Waals surface area contributed by atoms with Crippen molar-refractivity contribution < 1.29 is 4.39 Å². The Morgan fingerprint density at radius 1 is 0.944 bits per heavy atom. The van der Waals surface area contributed by atoms with Gasteiger partial charge in [0.15, 0.2) is 0 Å². The third-order valence-corrected chi connectivity index (χ3v) is 4.75. The fraction of sp³-hybridized carbons (Fsp3) is 0.625. The van der Waals surface area contributed by atoms with E-state index in [2.05, 4.69) is 11.0 Å².